The lowest BCUT2D eigenvalue weighted by Crippen LogP contribution is -2.48. The molecule has 2 amide bonds. The molecule has 1 aromatic heterocycles. The van der Waals surface area contributed by atoms with Crippen molar-refractivity contribution in [2.24, 2.45) is 5.92 Å². The van der Waals surface area contributed by atoms with Crippen molar-refractivity contribution in [2.75, 3.05) is 26.2 Å². The van der Waals surface area contributed by atoms with Crippen LogP contribution in [0.15, 0.2) is 35.7 Å². The zero-order valence-electron chi connectivity index (χ0n) is 18.6. The van der Waals surface area contributed by atoms with Gasteiger partial charge in [0.05, 0.1) is 12.6 Å². The Morgan fingerprint density at radius 2 is 2.06 bits per heavy atom. The summed E-state index contributed by atoms with van der Waals surface area (Å²) in [5.74, 6) is 0.235. The van der Waals surface area contributed by atoms with E-state index in [1.165, 1.54) is 17.0 Å². The molecule has 2 heterocycles. The lowest BCUT2D eigenvalue weighted by atomic mass is 10.00. The molecule has 1 aliphatic heterocycles. The first kappa shape index (κ1) is 22.8. The Kier molecular flexibility index (Phi) is 7.45. The molecule has 0 radical (unpaired) electrons. The van der Waals surface area contributed by atoms with Crippen molar-refractivity contribution in [3.63, 3.8) is 0 Å². The highest BCUT2D eigenvalue weighted by atomic mass is 32.1. The molecule has 1 aromatic carbocycles. The van der Waals surface area contributed by atoms with Crippen molar-refractivity contribution in [3.8, 4) is 5.75 Å². The average molecular weight is 459 g/mol. The van der Waals surface area contributed by atoms with Crippen molar-refractivity contribution < 1.29 is 18.7 Å². The highest BCUT2D eigenvalue weighted by Gasteiger charge is 2.34. The Bertz CT molecular complexity index is 941. The predicted octanol–water partition coefficient (Wildman–Crippen LogP) is 4.82. The molecule has 172 valence electrons. The summed E-state index contributed by atoms with van der Waals surface area (Å²) >= 11 is 1.69. The van der Waals surface area contributed by atoms with Crippen LogP contribution in [-0.2, 0) is 16.0 Å². The normalized spacial score (nSPS) is 18.4. The topological polar surface area (TPSA) is 49.9 Å². The summed E-state index contributed by atoms with van der Waals surface area (Å²) in [5.41, 5.74) is 1.09. The van der Waals surface area contributed by atoms with Crippen molar-refractivity contribution in [1.29, 1.82) is 0 Å². The fourth-order valence-corrected chi connectivity index (χ4v) is 5.76. The molecule has 0 N–H and O–H groups in total. The summed E-state index contributed by atoms with van der Waals surface area (Å²) in [6.45, 7) is 3.60. The van der Waals surface area contributed by atoms with Gasteiger partial charge in [0, 0.05) is 30.0 Å². The van der Waals surface area contributed by atoms with E-state index in [9.17, 15) is 14.0 Å². The number of carbonyl (C=O) groups excluding carboxylic acids is 2. The highest BCUT2D eigenvalue weighted by molar-refractivity contribution is 7.10. The quantitative estimate of drug-likeness (QED) is 0.570. The van der Waals surface area contributed by atoms with Crippen molar-refractivity contribution in [3.05, 3.63) is 52.0 Å². The monoisotopic (exact) mass is 458 g/mol. The summed E-state index contributed by atoms with van der Waals surface area (Å²) in [6, 6.07) is 7.87. The van der Waals surface area contributed by atoms with E-state index in [4.69, 9.17) is 4.74 Å². The van der Waals surface area contributed by atoms with Gasteiger partial charge in [-0.2, -0.15) is 0 Å². The van der Waals surface area contributed by atoms with E-state index in [0.29, 0.717) is 18.8 Å². The molecule has 5 nitrogen and oxygen atoms in total. The summed E-state index contributed by atoms with van der Waals surface area (Å²) < 4.78 is 19.5. The molecule has 1 saturated carbocycles. The van der Waals surface area contributed by atoms with Gasteiger partial charge in [0.2, 0.25) is 11.8 Å². The molecule has 2 aromatic rings. The molecule has 4 rings (SSSR count). The maximum Gasteiger partial charge on any atom is 0.242 e. The van der Waals surface area contributed by atoms with E-state index in [0.717, 1.165) is 44.1 Å². The van der Waals surface area contributed by atoms with Crippen molar-refractivity contribution >= 4 is 23.2 Å². The van der Waals surface area contributed by atoms with Gasteiger partial charge in [-0.25, -0.2) is 4.39 Å². The van der Waals surface area contributed by atoms with Crippen LogP contribution in [0.5, 0.6) is 5.75 Å². The van der Waals surface area contributed by atoms with Gasteiger partial charge in [-0.15, -0.1) is 11.3 Å². The zero-order chi connectivity index (χ0) is 22.5. The van der Waals surface area contributed by atoms with Gasteiger partial charge in [-0.3, -0.25) is 9.59 Å². The molecule has 1 fully saturated rings. The van der Waals surface area contributed by atoms with Gasteiger partial charge >= 0.3 is 0 Å². The largest absolute Gasteiger partial charge is 0.491 e. The number of thiophene rings is 1. The van der Waals surface area contributed by atoms with Gasteiger partial charge in [0.15, 0.2) is 0 Å². The van der Waals surface area contributed by atoms with Crippen LogP contribution in [0.2, 0.25) is 0 Å². The second kappa shape index (κ2) is 10.5. The van der Waals surface area contributed by atoms with E-state index in [2.05, 4.69) is 0 Å². The third-order valence-corrected chi connectivity index (χ3v) is 7.45. The third kappa shape index (κ3) is 5.14. The smallest absolute Gasteiger partial charge is 0.242 e. The first-order valence-corrected chi connectivity index (χ1v) is 12.5. The van der Waals surface area contributed by atoms with Crippen LogP contribution in [0, 0.1) is 11.7 Å². The minimum atomic E-state index is -0.351. The van der Waals surface area contributed by atoms with Crippen LogP contribution in [0.3, 0.4) is 0 Å². The van der Waals surface area contributed by atoms with E-state index in [1.807, 2.05) is 23.3 Å². The van der Waals surface area contributed by atoms with Crippen LogP contribution in [0.25, 0.3) is 0 Å². The first-order chi connectivity index (χ1) is 15.6. The Hall–Kier alpha value is -2.41. The fourth-order valence-electron chi connectivity index (χ4n) is 4.83. The van der Waals surface area contributed by atoms with Gasteiger partial charge in [0.1, 0.15) is 18.2 Å². The third-order valence-electron chi connectivity index (χ3n) is 6.45. The van der Waals surface area contributed by atoms with E-state index >= 15 is 0 Å². The summed E-state index contributed by atoms with van der Waals surface area (Å²) in [4.78, 5) is 31.3. The molecule has 0 spiro atoms. The number of fused-ring (bicyclic) bond motifs is 1. The number of hydrogen-bond donors (Lipinski definition) is 0. The molecule has 1 atom stereocenters. The number of rotatable bonds is 8. The van der Waals surface area contributed by atoms with Crippen LogP contribution in [0.1, 0.15) is 55.5 Å². The molecule has 32 heavy (non-hydrogen) atoms. The molecule has 0 unspecified atom stereocenters. The second-order valence-electron chi connectivity index (χ2n) is 8.66. The molecular formula is C25H31FN2O3S. The second-order valence-corrected chi connectivity index (χ2v) is 9.66. The van der Waals surface area contributed by atoms with Crippen LogP contribution in [-0.4, -0.2) is 47.9 Å². The Labute approximate surface area is 193 Å². The van der Waals surface area contributed by atoms with Crippen LogP contribution >= 0.6 is 11.3 Å². The van der Waals surface area contributed by atoms with Gasteiger partial charge in [0.25, 0.3) is 0 Å². The minimum absolute atomic E-state index is 0.0468. The molecule has 0 saturated heterocycles. The van der Waals surface area contributed by atoms with Gasteiger partial charge < -0.3 is 14.5 Å². The number of carbonyl (C=O) groups is 2. The fraction of sp³-hybridized carbons (Fsp3) is 0.520. The van der Waals surface area contributed by atoms with E-state index in [-0.39, 0.29) is 42.7 Å². The summed E-state index contributed by atoms with van der Waals surface area (Å²) in [6.07, 6.45) is 5.68. The maximum absolute atomic E-state index is 13.6. The highest BCUT2D eigenvalue weighted by Crippen LogP contribution is 2.34. The number of halogens is 1. The lowest BCUT2D eigenvalue weighted by Gasteiger charge is -2.37. The maximum atomic E-state index is 13.6. The predicted molar refractivity (Wildman–Crippen MR) is 123 cm³/mol. The Morgan fingerprint density at radius 3 is 2.81 bits per heavy atom. The minimum Gasteiger partial charge on any atom is -0.491 e. The van der Waals surface area contributed by atoms with E-state index < -0.39 is 0 Å². The van der Waals surface area contributed by atoms with E-state index in [1.54, 1.807) is 28.4 Å². The number of ether oxygens (including phenoxy) is 1. The molecule has 7 heteroatoms. The zero-order valence-corrected chi connectivity index (χ0v) is 19.4. The number of benzene rings is 1. The molecule has 2 aliphatic rings. The van der Waals surface area contributed by atoms with Crippen molar-refractivity contribution in [2.45, 2.75) is 51.5 Å². The first-order valence-electron chi connectivity index (χ1n) is 11.6. The van der Waals surface area contributed by atoms with Crippen LogP contribution in [0.4, 0.5) is 4.39 Å². The number of nitrogens with zero attached hydrogens (tertiary/aromatic N) is 2. The average Bonchev–Trinajstić information content (AvgIpc) is 3.48. The Balaban J connectivity index is 1.48. The van der Waals surface area contributed by atoms with Crippen LogP contribution < -0.4 is 4.74 Å². The van der Waals surface area contributed by atoms with Gasteiger partial charge in [-0.05, 0) is 54.8 Å². The summed E-state index contributed by atoms with van der Waals surface area (Å²) in [5, 5.41) is 2.04. The molecule has 1 aliphatic carbocycles. The standard InChI is InChI=1S/C25H31FN2O3S/c1-2-12-27(25(30)18-6-3-4-7-18)16-24(29)28-13-10-23-21(11-14-32-23)22(28)17-31-20-9-5-8-19(26)15-20/h5,8-9,11,14-15,18,22H,2-4,6-7,10,12-13,16-17H2,1H3/t22-/m0/s1. The van der Waals surface area contributed by atoms with Crippen molar-refractivity contribution in [1.82, 2.24) is 9.80 Å². The Morgan fingerprint density at radius 1 is 1.25 bits per heavy atom. The number of hydrogen-bond acceptors (Lipinski definition) is 4. The molecule has 0 bridgehead atoms. The SMILES string of the molecule is CCCN(CC(=O)N1CCc2sccc2[C@@H]1COc1cccc(F)c1)C(=O)C1CCCC1. The van der Waals surface area contributed by atoms with Gasteiger partial charge in [-0.1, -0.05) is 25.8 Å². The lowest BCUT2D eigenvalue weighted by molar-refractivity contribution is -0.144. The molecular weight excluding hydrogens is 427 g/mol. The number of amides is 2. The summed E-state index contributed by atoms with van der Waals surface area (Å²) in [7, 11) is 0.